The van der Waals surface area contributed by atoms with Gasteiger partial charge in [0.1, 0.15) is 11.1 Å². The number of benzene rings is 1. The van der Waals surface area contributed by atoms with E-state index in [1.807, 2.05) is 34.1 Å². The van der Waals surface area contributed by atoms with Crippen LogP contribution in [0.25, 0.3) is 0 Å². The predicted molar refractivity (Wildman–Crippen MR) is 112 cm³/mol. The van der Waals surface area contributed by atoms with Crippen molar-refractivity contribution in [2.45, 2.75) is 25.6 Å². The molecule has 1 atom stereocenters. The third kappa shape index (κ3) is 5.00. The van der Waals surface area contributed by atoms with Gasteiger partial charge < -0.3 is 19.4 Å². The molecule has 2 aliphatic rings. The summed E-state index contributed by atoms with van der Waals surface area (Å²) in [4.78, 5) is 30.2. The van der Waals surface area contributed by atoms with Crippen molar-refractivity contribution in [1.29, 1.82) is 0 Å². The molecule has 6 nitrogen and oxygen atoms in total. The van der Waals surface area contributed by atoms with E-state index < -0.39 is 0 Å². The quantitative estimate of drug-likeness (QED) is 0.735. The van der Waals surface area contributed by atoms with E-state index in [4.69, 9.17) is 4.74 Å². The number of hydrogen-bond donors (Lipinski definition) is 1. The summed E-state index contributed by atoms with van der Waals surface area (Å²) < 4.78 is 5.50. The number of hydrogen-bond acceptors (Lipinski definition) is 4. The average molecular weight is 407 g/mol. The van der Waals surface area contributed by atoms with E-state index in [-0.39, 0.29) is 17.2 Å². The van der Waals surface area contributed by atoms with Crippen LogP contribution in [0.2, 0.25) is 0 Å². The van der Waals surface area contributed by atoms with Crippen LogP contribution in [0.1, 0.15) is 31.2 Å². The maximum atomic E-state index is 12.5. The summed E-state index contributed by atoms with van der Waals surface area (Å²) in [6, 6.07) is 7.96. The standard InChI is InChI=1S/C21H31N3O3S/c1-16(2)14-19(25)23-11-8-22(9-12-23)10-13-24-20(26)15-28-21(24)17-6-4-5-7-18(17)27-3/h4-7,16,21H,8-15H2,1-3H3/p+1/t21-/m0/s1. The third-order valence-electron chi connectivity index (χ3n) is 5.49. The number of ether oxygens (including phenoxy) is 1. The Labute approximate surface area is 172 Å². The highest BCUT2D eigenvalue weighted by Gasteiger charge is 2.35. The summed E-state index contributed by atoms with van der Waals surface area (Å²) in [6.07, 6.45) is 0.634. The number of nitrogens with zero attached hydrogens (tertiary/aromatic N) is 2. The number of nitrogens with one attached hydrogen (secondary N) is 1. The zero-order valence-electron chi connectivity index (χ0n) is 17.1. The number of methoxy groups -OCH3 is 1. The lowest BCUT2D eigenvalue weighted by molar-refractivity contribution is -0.903. The van der Waals surface area contributed by atoms with Gasteiger partial charge in [0.05, 0.1) is 52.1 Å². The number of rotatable bonds is 7. The molecule has 2 heterocycles. The Balaban J connectivity index is 1.54. The molecular formula is C21H32N3O3S+. The molecule has 0 aromatic heterocycles. The van der Waals surface area contributed by atoms with E-state index in [2.05, 4.69) is 13.8 Å². The zero-order valence-corrected chi connectivity index (χ0v) is 18.0. The molecule has 7 heteroatoms. The van der Waals surface area contributed by atoms with E-state index in [0.29, 0.717) is 18.1 Å². The van der Waals surface area contributed by atoms with Gasteiger partial charge in [-0.1, -0.05) is 32.0 Å². The fourth-order valence-electron chi connectivity index (χ4n) is 3.90. The Morgan fingerprint density at radius 3 is 2.68 bits per heavy atom. The fraction of sp³-hybridized carbons (Fsp3) is 0.619. The van der Waals surface area contributed by atoms with Gasteiger partial charge in [-0.25, -0.2) is 0 Å². The topological polar surface area (TPSA) is 54.3 Å². The van der Waals surface area contributed by atoms with E-state index >= 15 is 0 Å². The minimum Gasteiger partial charge on any atom is -0.496 e. The molecule has 0 aliphatic carbocycles. The molecule has 1 N–H and O–H groups in total. The van der Waals surface area contributed by atoms with Gasteiger partial charge >= 0.3 is 0 Å². The van der Waals surface area contributed by atoms with Crippen molar-refractivity contribution in [3.63, 3.8) is 0 Å². The first-order chi connectivity index (χ1) is 13.5. The van der Waals surface area contributed by atoms with Crippen LogP contribution in [0.5, 0.6) is 5.75 Å². The second-order valence-corrected chi connectivity index (χ2v) is 9.04. The van der Waals surface area contributed by atoms with Crippen LogP contribution in [-0.2, 0) is 9.59 Å². The molecule has 28 heavy (non-hydrogen) atoms. The summed E-state index contributed by atoms with van der Waals surface area (Å²) >= 11 is 1.67. The number of amides is 2. The van der Waals surface area contributed by atoms with E-state index in [1.165, 1.54) is 4.90 Å². The Bertz CT molecular complexity index is 689. The Kier molecular flexibility index (Phi) is 7.24. The Hall–Kier alpha value is -1.73. The maximum absolute atomic E-state index is 12.5. The van der Waals surface area contributed by atoms with Gasteiger partial charge in [0.15, 0.2) is 0 Å². The Morgan fingerprint density at radius 2 is 2.00 bits per heavy atom. The third-order valence-corrected chi connectivity index (χ3v) is 6.72. The van der Waals surface area contributed by atoms with Crippen molar-refractivity contribution < 1.29 is 19.2 Å². The van der Waals surface area contributed by atoms with Gasteiger partial charge in [-0.05, 0) is 12.0 Å². The molecule has 2 amide bonds. The second kappa shape index (κ2) is 9.65. The second-order valence-electron chi connectivity index (χ2n) is 7.97. The summed E-state index contributed by atoms with van der Waals surface area (Å²) in [6.45, 7) is 9.38. The molecule has 0 spiro atoms. The predicted octanol–water partition coefficient (Wildman–Crippen LogP) is 1.04. The molecule has 0 radical (unpaired) electrons. The molecule has 2 aliphatic heterocycles. The van der Waals surface area contributed by atoms with Crippen molar-refractivity contribution in [3.8, 4) is 5.75 Å². The first-order valence-electron chi connectivity index (χ1n) is 10.1. The van der Waals surface area contributed by atoms with Gasteiger partial charge in [0, 0.05) is 12.0 Å². The number of quaternary nitrogens is 1. The van der Waals surface area contributed by atoms with Crippen LogP contribution in [0.4, 0.5) is 0 Å². The van der Waals surface area contributed by atoms with E-state index in [9.17, 15) is 9.59 Å². The molecule has 0 bridgehead atoms. The highest BCUT2D eigenvalue weighted by Crippen LogP contribution is 2.41. The van der Waals surface area contributed by atoms with Crippen LogP contribution >= 0.6 is 11.8 Å². The van der Waals surface area contributed by atoms with Gasteiger partial charge in [0.2, 0.25) is 11.8 Å². The van der Waals surface area contributed by atoms with E-state index in [1.54, 1.807) is 18.9 Å². The summed E-state index contributed by atoms with van der Waals surface area (Å²) in [7, 11) is 1.68. The SMILES string of the molecule is COc1ccccc1[C@@H]1SCC(=O)N1CC[NH+]1CCN(C(=O)CC(C)C)CC1. The summed E-state index contributed by atoms with van der Waals surface area (Å²) in [5.41, 5.74) is 1.07. The van der Waals surface area contributed by atoms with Crippen molar-refractivity contribution in [2.75, 3.05) is 52.1 Å². The smallest absolute Gasteiger partial charge is 0.234 e. The summed E-state index contributed by atoms with van der Waals surface area (Å²) in [5.74, 6) is 2.24. The normalized spacial score (nSPS) is 20.9. The minimum absolute atomic E-state index is 0.0250. The molecule has 3 rings (SSSR count). The minimum atomic E-state index is 0.0250. The number of para-hydroxylation sites is 1. The lowest BCUT2D eigenvalue weighted by atomic mass is 10.1. The van der Waals surface area contributed by atoms with E-state index in [0.717, 1.165) is 50.6 Å². The van der Waals surface area contributed by atoms with Gasteiger partial charge in [-0.2, -0.15) is 0 Å². The molecule has 2 fully saturated rings. The van der Waals surface area contributed by atoms with Crippen molar-refractivity contribution in [3.05, 3.63) is 29.8 Å². The molecule has 1 aromatic rings. The van der Waals surface area contributed by atoms with Crippen LogP contribution in [0, 0.1) is 5.92 Å². The molecule has 2 saturated heterocycles. The van der Waals surface area contributed by atoms with Crippen LogP contribution < -0.4 is 9.64 Å². The molecule has 0 unspecified atom stereocenters. The number of carbonyl (C=O) groups excluding carboxylic acids is 2. The number of piperazine rings is 1. The maximum Gasteiger partial charge on any atom is 0.234 e. The molecule has 154 valence electrons. The average Bonchev–Trinajstić information content (AvgIpc) is 3.06. The highest BCUT2D eigenvalue weighted by atomic mass is 32.2. The first-order valence-corrected chi connectivity index (χ1v) is 11.2. The molecule has 0 saturated carbocycles. The van der Waals surface area contributed by atoms with Gasteiger partial charge in [-0.3, -0.25) is 9.59 Å². The van der Waals surface area contributed by atoms with Crippen LogP contribution in [0.15, 0.2) is 24.3 Å². The zero-order chi connectivity index (χ0) is 20.1. The lowest BCUT2D eigenvalue weighted by Crippen LogP contribution is -3.15. The lowest BCUT2D eigenvalue weighted by Gasteiger charge is -2.34. The Morgan fingerprint density at radius 1 is 1.29 bits per heavy atom. The first kappa shape index (κ1) is 21.0. The van der Waals surface area contributed by atoms with Gasteiger partial charge in [-0.15, -0.1) is 11.8 Å². The number of carbonyl (C=O) groups is 2. The van der Waals surface area contributed by atoms with Crippen molar-refractivity contribution >= 4 is 23.6 Å². The van der Waals surface area contributed by atoms with Crippen molar-refractivity contribution in [1.82, 2.24) is 9.80 Å². The molecule has 1 aromatic carbocycles. The summed E-state index contributed by atoms with van der Waals surface area (Å²) in [5, 5.41) is 0.0250. The van der Waals surface area contributed by atoms with Gasteiger partial charge in [0.25, 0.3) is 0 Å². The molecular weight excluding hydrogens is 374 g/mol. The van der Waals surface area contributed by atoms with Crippen LogP contribution in [0.3, 0.4) is 0 Å². The largest absolute Gasteiger partial charge is 0.496 e. The highest BCUT2D eigenvalue weighted by molar-refractivity contribution is 8.00. The fourth-order valence-corrected chi connectivity index (χ4v) is 5.15. The monoisotopic (exact) mass is 406 g/mol. The number of thioether (sulfide) groups is 1. The van der Waals surface area contributed by atoms with Crippen LogP contribution in [-0.4, -0.2) is 73.7 Å². The van der Waals surface area contributed by atoms with Crippen molar-refractivity contribution in [2.24, 2.45) is 5.92 Å².